The topological polar surface area (TPSA) is 90.5 Å². The van der Waals surface area contributed by atoms with Crippen LogP contribution in [0.2, 0.25) is 0 Å². The molecule has 1 atom stereocenters. The molecule has 4 rings (SSSR count). The number of rotatable bonds is 7. The maximum absolute atomic E-state index is 12.1. The van der Waals surface area contributed by atoms with Gasteiger partial charge < -0.3 is 20.1 Å². The number of benzene rings is 2. The zero-order chi connectivity index (χ0) is 20.1. The number of β-amino-alcohol motifs (C(OH)–C–C–N with tert-alkyl or cyclic N) is 1. The van der Waals surface area contributed by atoms with Gasteiger partial charge in [0.1, 0.15) is 24.2 Å². The van der Waals surface area contributed by atoms with Gasteiger partial charge in [-0.25, -0.2) is 4.98 Å². The molecule has 0 aliphatic carbocycles. The van der Waals surface area contributed by atoms with Crippen LogP contribution in [0.15, 0.2) is 61.1 Å². The summed E-state index contributed by atoms with van der Waals surface area (Å²) < 4.78 is 5.74. The van der Waals surface area contributed by atoms with Crippen molar-refractivity contribution in [1.82, 2.24) is 14.9 Å². The van der Waals surface area contributed by atoms with E-state index in [9.17, 15) is 9.90 Å². The molecule has 1 amide bonds. The van der Waals surface area contributed by atoms with Crippen molar-refractivity contribution in [2.75, 3.05) is 25.0 Å². The number of ether oxygens (including phenoxy) is 1. The smallest absolute Gasteiger partial charge is 0.273 e. The number of anilines is 1. The Hall–Kier alpha value is -3.16. The molecule has 0 unspecified atom stereocenters. The van der Waals surface area contributed by atoms with E-state index in [4.69, 9.17) is 4.74 Å². The van der Waals surface area contributed by atoms with Crippen molar-refractivity contribution >= 4 is 11.6 Å². The number of fused-ring (bicyclic) bond motifs is 1. The van der Waals surface area contributed by atoms with Gasteiger partial charge in [0.15, 0.2) is 0 Å². The lowest BCUT2D eigenvalue weighted by Crippen LogP contribution is -2.38. The number of aromatic nitrogens is 2. The number of nitrogens with one attached hydrogen (secondary N) is 2. The van der Waals surface area contributed by atoms with Crippen LogP contribution in [0.5, 0.6) is 5.75 Å². The fourth-order valence-electron chi connectivity index (χ4n) is 3.50. The molecule has 7 nitrogen and oxygen atoms in total. The number of hydrogen-bond acceptors (Lipinski definition) is 5. The minimum Gasteiger partial charge on any atom is -0.491 e. The van der Waals surface area contributed by atoms with Crippen LogP contribution < -0.4 is 10.1 Å². The number of hydrogen-bond donors (Lipinski definition) is 3. The highest BCUT2D eigenvalue weighted by Gasteiger charge is 2.18. The highest BCUT2D eigenvalue weighted by molar-refractivity contribution is 6.02. The van der Waals surface area contributed by atoms with Crippen molar-refractivity contribution in [3.05, 3.63) is 77.9 Å². The first-order valence-electron chi connectivity index (χ1n) is 9.67. The van der Waals surface area contributed by atoms with Crippen LogP contribution in [0.3, 0.4) is 0 Å². The highest BCUT2D eigenvalue weighted by atomic mass is 16.5. The van der Waals surface area contributed by atoms with Gasteiger partial charge in [-0.2, -0.15) is 0 Å². The van der Waals surface area contributed by atoms with E-state index in [-0.39, 0.29) is 12.5 Å². The number of amides is 1. The van der Waals surface area contributed by atoms with Gasteiger partial charge in [0.25, 0.3) is 5.91 Å². The third kappa shape index (κ3) is 5.01. The van der Waals surface area contributed by atoms with Crippen molar-refractivity contribution in [3.8, 4) is 5.75 Å². The van der Waals surface area contributed by atoms with Gasteiger partial charge in [-0.05, 0) is 29.7 Å². The molecule has 0 spiro atoms. The predicted octanol–water partition coefficient (Wildman–Crippen LogP) is 2.46. The minimum absolute atomic E-state index is 0.191. The molecule has 0 bridgehead atoms. The summed E-state index contributed by atoms with van der Waals surface area (Å²) in [6.45, 7) is 2.53. The molecule has 0 fully saturated rings. The minimum atomic E-state index is -0.594. The van der Waals surface area contributed by atoms with Crippen LogP contribution in [0.4, 0.5) is 5.69 Å². The fourth-order valence-corrected chi connectivity index (χ4v) is 3.50. The number of aliphatic hydroxyl groups is 1. The summed E-state index contributed by atoms with van der Waals surface area (Å²) in [5.41, 5.74) is 3.72. The normalized spacial score (nSPS) is 14.8. The number of aromatic amines is 1. The average Bonchev–Trinajstić information content (AvgIpc) is 3.28. The van der Waals surface area contributed by atoms with Crippen LogP contribution >= 0.6 is 0 Å². The number of H-pyrrole nitrogens is 1. The number of imidazole rings is 1. The first-order valence-corrected chi connectivity index (χ1v) is 9.67. The Bertz CT molecular complexity index is 958. The van der Waals surface area contributed by atoms with Crippen molar-refractivity contribution in [2.45, 2.75) is 19.1 Å². The Morgan fingerprint density at radius 1 is 1.24 bits per heavy atom. The summed E-state index contributed by atoms with van der Waals surface area (Å²) in [7, 11) is 0. The van der Waals surface area contributed by atoms with Crippen molar-refractivity contribution < 1.29 is 14.6 Å². The van der Waals surface area contributed by atoms with E-state index in [2.05, 4.69) is 44.5 Å². The van der Waals surface area contributed by atoms with Crippen molar-refractivity contribution in [2.24, 2.45) is 0 Å². The van der Waals surface area contributed by atoms with E-state index < -0.39 is 6.10 Å². The van der Waals surface area contributed by atoms with Gasteiger partial charge in [-0.15, -0.1) is 0 Å². The largest absolute Gasteiger partial charge is 0.491 e. The van der Waals surface area contributed by atoms with Gasteiger partial charge in [-0.1, -0.05) is 30.3 Å². The predicted molar refractivity (Wildman–Crippen MR) is 110 cm³/mol. The zero-order valence-corrected chi connectivity index (χ0v) is 16.0. The monoisotopic (exact) mass is 392 g/mol. The van der Waals surface area contributed by atoms with Gasteiger partial charge in [-0.3, -0.25) is 9.69 Å². The van der Waals surface area contributed by atoms with Gasteiger partial charge in [0.2, 0.25) is 0 Å². The SMILES string of the molecule is O=C(Nc1cccc(OC[C@H](O)CN2CCc3ccccc3C2)c1)c1cnc[nH]1. The lowest BCUT2D eigenvalue weighted by atomic mass is 10.00. The standard InChI is InChI=1S/C22H24N4O3/c27-19(13-26-9-8-16-4-1-2-5-17(16)12-26)14-29-20-7-3-6-18(10-20)25-22(28)21-11-23-15-24-21/h1-7,10-11,15,19,27H,8-9,12-14H2,(H,23,24)(H,25,28)/t19-/m1/s1. The third-order valence-corrected chi connectivity index (χ3v) is 4.96. The van der Waals surface area contributed by atoms with Crippen molar-refractivity contribution in [1.29, 1.82) is 0 Å². The zero-order valence-electron chi connectivity index (χ0n) is 16.0. The molecule has 0 saturated carbocycles. The third-order valence-electron chi connectivity index (χ3n) is 4.96. The quantitative estimate of drug-likeness (QED) is 0.575. The molecule has 0 saturated heterocycles. The molecule has 1 aliphatic heterocycles. The van der Waals surface area contributed by atoms with E-state index in [0.29, 0.717) is 23.7 Å². The maximum atomic E-state index is 12.1. The van der Waals surface area contributed by atoms with Crippen molar-refractivity contribution in [3.63, 3.8) is 0 Å². The van der Waals surface area contributed by atoms with Crippen LogP contribution in [-0.4, -0.2) is 51.7 Å². The maximum Gasteiger partial charge on any atom is 0.273 e. The molecular formula is C22H24N4O3. The summed E-state index contributed by atoms with van der Waals surface area (Å²) in [4.78, 5) is 20.9. The van der Waals surface area contributed by atoms with Crippen LogP contribution in [0.1, 0.15) is 21.6 Å². The second-order valence-corrected chi connectivity index (χ2v) is 7.17. The van der Waals surface area contributed by atoms with E-state index in [0.717, 1.165) is 19.5 Å². The summed E-state index contributed by atoms with van der Waals surface area (Å²) in [5, 5.41) is 13.2. The molecule has 1 aliphatic rings. The van der Waals surface area contributed by atoms with Gasteiger partial charge >= 0.3 is 0 Å². The molecule has 3 aromatic rings. The van der Waals surface area contributed by atoms with Crippen LogP contribution in [0.25, 0.3) is 0 Å². The summed E-state index contributed by atoms with van der Waals surface area (Å²) in [5.74, 6) is 0.320. The van der Waals surface area contributed by atoms with Gasteiger partial charge in [0.05, 0.1) is 12.5 Å². The molecule has 2 aromatic carbocycles. The Kier molecular flexibility index (Phi) is 5.88. The first-order chi connectivity index (χ1) is 14.2. The van der Waals surface area contributed by atoms with E-state index >= 15 is 0 Å². The molecule has 3 N–H and O–H groups in total. The number of carbonyl (C=O) groups excluding carboxylic acids is 1. The second-order valence-electron chi connectivity index (χ2n) is 7.17. The van der Waals surface area contributed by atoms with E-state index in [1.54, 1.807) is 24.3 Å². The molecule has 29 heavy (non-hydrogen) atoms. The number of aliphatic hydroxyl groups excluding tert-OH is 1. The van der Waals surface area contributed by atoms with Gasteiger partial charge in [0, 0.05) is 31.4 Å². The van der Waals surface area contributed by atoms with E-state index in [1.807, 2.05) is 0 Å². The lowest BCUT2D eigenvalue weighted by Gasteiger charge is -2.30. The molecule has 1 aromatic heterocycles. The average molecular weight is 392 g/mol. The summed E-state index contributed by atoms with van der Waals surface area (Å²) >= 11 is 0. The lowest BCUT2D eigenvalue weighted by molar-refractivity contribution is 0.0638. The number of carbonyl (C=O) groups is 1. The molecule has 150 valence electrons. The molecule has 0 radical (unpaired) electrons. The summed E-state index contributed by atoms with van der Waals surface area (Å²) in [6, 6.07) is 15.6. The Labute approximate surface area is 169 Å². The number of nitrogens with zero attached hydrogens (tertiary/aromatic N) is 2. The summed E-state index contributed by atoms with van der Waals surface area (Å²) in [6.07, 6.45) is 3.33. The second kappa shape index (κ2) is 8.89. The molecule has 2 heterocycles. The first kappa shape index (κ1) is 19.2. The van der Waals surface area contributed by atoms with Crippen LogP contribution in [0, 0.1) is 0 Å². The van der Waals surface area contributed by atoms with Crippen LogP contribution in [-0.2, 0) is 13.0 Å². The highest BCUT2D eigenvalue weighted by Crippen LogP contribution is 2.20. The Morgan fingerprint density at radius 3 is 2.93 bits per heavy atom. The fraction of sp³-hybridized carbons (Fsp3) is 0.273. The Morgan fingerprint density at radius 2 is 2.10 bits per heavy atom. The molecular weight excluding hydrogens is 368 g/mol. The molecule has 7 heteroatoms. The Balaban J connectivity index is 1.27. The van der Waals surface area contributed by atoms with E-state index in [1.165, 1.54) is 23.7 Å².